The fourth-order valence-corrected chi connectivity index (χ4v) is 8.77. The van der Waals surface area contributed by atoms with Gasteiger partial charge in [0.2, 0.25) is 5.91 Å². The summed E-state index contributed by atoms with van der Waals surface area (Å²) in [4.78, 5) is 32.2. The van der Waals surface area contributed by atoms with Gasteiger partial charge in [0.05, 0.1) is 18.2 Å². The molecule has 0 bridgehead atoms. The Bertz CT molecular complexity index is 1690. The number of aromatic nitrogens is 1. The Balaban J connectivity index is 1.41. The summed E-state index contributed by atoms with van der Waals surface area (Å²) in [6.45, 7) is 2.11. The van der Waals surface area contributed by atoms with Gasteiger partial charge in [-0.3, -0.25) is 14.3 Å². The third-order valence-corrected chi connectivity index (χ3v) is 11.9. The van der Waals surface area contributed by atoms with Crippen LogP contribution in [0.1, 0.15) is 78.3 Å². The van der Waals surface area contributed by atoms with E-state index in [2.05, 4.69) is 51.4 Å². The van der Waals surface area contributed by atoms with Crippen molar-refractivity contribution in [1.82, 2.24) is 23.4 Å². The molecule has 4 atom stereocenters. The lowest BCUT2D eigenvalue weighted by Gasteiger charge is -2.26. The summed E-state index contributed by atoms with van der Waals surface area (Å²) in [5.74, 6) is 1.20. The van der Waals surface area contributed by atoms with Crippen LogP contribution in [0.15, 0.2) is 36.4 Å². The fourth-order valence-electron chi connectivity index (χ4n) is 8.31. The first-order chi connectivity index (χ1) is 21.6. The van der Waals surface area contributed by atoms with Crippen LogP contribution < -0.4 is 9.46 Å². The van der Waals surface area contributed by atoms with E-state index in [0.29, 0.717) is 24.1 Å². The molecule has 240 valence electrons. The van der Waals surface area contributed by atoms with Crippen LogP contribution in [-0.2, 0) is 22.5 Å². The van der Waals surface area contributed by atoms with Crippen LogP contribution in [0.3, 0.4) is 0 Å². The topological polar surface area (TPSA) is 87.1 Å². The standard InChI is InChI=1S/C35H45N5O4S/c1-37(2)24-15-16-39(20-24)34(42)35-19-29(35)28-18-25(44-5)12-14-26(28)32-31(22-9-7-6-8-10-22)27-13-11-23(17-30(27)40(32)21-35)33(41)36-45(43)38(3)4/h11-14,17-18,22,24,29H,6-10,15-16,19-21H2,1-5H3,(H,36,41)/t24-,29?,35?,45?/m1/s1. The molecule has 0 radical (unpaired) electrons. The van der Waals surface area contributed by atoms with Crippen molar-refractivity contribution in [2.75, 3.05) is 48.4 Å². The highest BCUT2D eigenvalue weighted by Gasteiger charge is 2.64. The monoisotopic (exact) mass is 631 g/mol. The minimum absolute atomic E-state index is 0.108. The smallest absolute Gasteiger partial charge is 0.264 e. The average molecular weight is 632 g/mol. The van der Waals surface area contributed by atoms with Gasteiger partial charge in [0.25, 0.3) is 5.91 Å². The van der Waals surface area contributed by atoms with Crippen LogP contribution in [-0.4, -0.2) is 89.1 Å². The van der Waals surface area contributed by atoms with Crippen molar-refractivity contribution in [2.24, 2.45) is 5.41 Å². The van der Waals surface area contributed by atoms with E-state index >= 15 is 0 Å². The van der Waals surface area contributed by atoms with Crippen LogP contribution >= 0.6 is 0 Å². The number of ether oxygens (including phenoxy) is 1. The molecule has 2 amide bonds. The maximum absolute atomic E-state index is 14.6. The van der Waals surface area contributed by atoms with Gasteiger partial charge < -0.3 is 19.1 Å². The fraction of sp³-hybridized carbons (Fsp3) is 0.543. The second kappa shape index (κ2) is 11.5. The average Bonchev–Trinajstić information content (AvgIpc) is 3.42. The number of carbonyl (C=O) groups excluding carboxylic acids is 2. The molecular formula is C35H45N5O4S. The lowest BCUT2D eigenvalue weighted by molar-refractivity contribution is -0.136. The maximum atomic E-state index is 14.6. The molecule has 3 fully saturated rings. The molecule has 1 aromatic heterocycles. The number of rotatable bonds is 7. The zero-order valence-corrected chi connectivity index (χ0v) is 27.9. The van der Waals surface area contributed by atoms with E-state index in [4.69, 9.17) is 4.74 Å². The lowest BCUT2D eigenvalue weighted by Crippen LogP contribution is -2.40. The first kappa shape index (κ1) is 30.4. The summed E-state index contributed by atoms with van der Waals surface area (Å²) in [5, 5.41) is 1.15. The Morgan fingerprint density at radius 2 is 1.80 bits per heavy atom. The number of nitrogens with zero attached hydrogens (tertiary/aromatic N) is 4. The minimum Gasteiger partial charge on any atom is -0.497 e. The van der Waals surface area contributed by atoms with E-state index in [1.54, 1.807) is 21.2 Å². The van der Waals surface area contributed by atoms with Gasteiger partial charge in [0, 0.05) is 67.7 Å². The number of carbonyl (C=O) groups is 2. The Labute approximate surface area is 268 Å². The Kier molecular flexibility index (Phi) is 7.81. The highest BCUT2D eigenvalue weighted by Crippen LogP contribution is 2.66. The van der Waals surface area contributed by atoms with Gasteiger partial charge in [-0.15, -0.1) is 0 Å². The van der Waals surface area contributed by atoms with Crippen LogP contribution in [0.4, 0.5) is 0 Å². The molecule has 3 unspecified atom stereocenters. The van der Waals surface area contributed by atoms with E-state index in [-0.39, 0.29) is 17.7 Å². The quantitative estimate of drug-likeness (QED) is 0.402. The van der Waals surface area contributed by atoms with Crippen molar-refractivity contribution in [1.29, 1.82) is 0 Å². The number of benzene rings is 2. The van der Waals surface area contributed by atoms with Crippen LogP contribution in [0.2, 0.25) is 0 Å². The first-order valence-corrected chi connectivity index (χ1v) is 17.4. The Morgan fingerprint density at radius 1 is 1.02 bits per heavy atom. The Morgan fingerprint density at radius 3 is 2.49 bits per heavy atom. The number of hydrogen-bond donors (Lipinski definition) is 1. The molecule has 2 aromatic carbocycles. The second-order valence-corrected chi connectivity index (χ2v) is 15.4. The number of likely N-dealkylation sites (tertiary alicyclic amines) is 1. The SMILES string of the molecule is COc1ccc2c(c1)C1CC1(C(=O)N1CC[C@@H](N(C)C)C1)Cn1c-2c(C2CCCCC2)c2ccc(C(=O)NS(=O)N(C)C)cc21. The van der Waals surface area contributed by atoms with E-state index in [9.17, 15) is 13.8 Å². The van der Waals surface area contributed by atoms with Crippen molar-refractivity contribution in [2.45, 2.75) is 69.4 Å². The van der Waals surface area contributed by atoms with Gasteiger partial charge in [-0.2, -0.15) is 0 Å². The predicted octanol–water partition coefficient (Wildman–Crippen LogP) is 4.88. The highest BCUT2D eigenvalue weighted by molar-refractivity contribution is 7.81. The molecule has 3 aromatic rings. The molecular weight excluding hydrogens is 586 g/mol. The van der Waals surface area contributed by atoms with E-state index in [1.807, 2.05) is 18.2 Å². The molecule has 45 heavy (non-hydrogen) atoms. The summed E-state index contributed by atoms with van der Waals surface area (Å²) in [5.41, 5.74) is 5.81. The van der Waals surface area contributed by atoms with Gasteiger partial charge in [-0.25, -0.2) is 8.51 Å². The summed E-state index contributed by atoms with van der Waals surface area (Å²) in [6, 6.07) is 12.7. The Hall–Kier alpha value is -3.21. The molecule has 7 rings (SSSR count). The third-order valence-electron chi connectivity index (χ3n) is 10.9. The lowest BCUT2D eigenvalue weighted by atomic mass is 9.81. The van der Waals surface area contributed by atoms with Crippen molar-refractivity contribution >= 4 is 33.9 Å². The van der Waals surface area contributed by atoms with Crippen LogP contribution in [0.5, 0.6) is 5.75 Å². The van der Waals surface area contributed by atoms with Gasteiger partial charge in [0.15, 0.2) is 11.2 Å². The largest absolute Gasteiger partial charge is 0.497 e. The molecule has 4 aliphatic rings. The van der Waals surface area contributed by atoms with Gasteiger partial charge >= 0.3 is 0 Å². The number of hydrogen-bond acceptors (Lipinski definition) is 5. The van der Waals surface area contributed by atoms with Crippen LogP contribution in [0, 0.1) is 5.41 Å². The van der Waals surface area contributed by atoms with E-state index in [0.717, 1.165) is 55.4 Å². The zero-order valence-electron chi connectivity index (χ0n) is 27.1. The molecule has 1 N–H and O–H groups in total. The number of methoxy groups -OCH3 is 1. The zero-order chi connectivity index (χ0) is 31.6. The van der Waals surface area contributed by atoms with Gasteiger partial charge in [0.1, 0.15) is 5.75 Å². The third kappa shape index (κ3) is 5.09. The normalized spacial score (nSPS) is 25.1. The summed E-state index contributed by atoms with van der Waals surface area (Å²) in [7, 11) is 9.23. The number of amides is 2. The van der Waals surface area contributed by atoms with Crippen molar-refractivity contribution in [3.8, 4) is 17.0 Å². The maximum Gasteiger partial charge on any atom is 0.264 e. The molecule has 0 spiro atoms. The van der Waals surface area contributed by atoms with Gasteiger partial charge in [-0.1, -0.05) is 25.3 Å². The van der Waals surface area contributed by atoms with Crippen LogP contribution in [0.25, 0.3) is 22.2 Å². The molecule has 1 saturated heterocycles. The molecule has 9 nitrogen and oxygen atoms in total. The molecule has 2 aliphatic carbocycles. The molecule has 10 heteroatoms. The summed E-state index contributed by atoms with van der Waals surface area (Å²) < 4.78 is 24.6. The molecule has 2 saturated carbocycles. The van der Waals surface area contributed by atoms with E-state index < -0.39 is 16.6 Å². The van der Waals surface area contributed by atoms with Crippen molar-refractivity contribution < 1.29 is 18.5 Å². The number of likely N-dealkylation sites (N-methyl/N-ethyl adjacent to an activating group) is 1. The summed E-state index contributed by atoms with van der Waals surface area (Å²) >= 11 is -1.63. The van der Waals surface area contributed by atoms with Crippen molar-refractivity contribution in [3.05, 3.63) is 53.1 Å². The van der Waals surface area contributed by atoms with Gasteiger partial charge in [-0.05, 0) is 87.2 Å². The van der Waals surface area contributed by atoms with E-state index in [1.165, 1.54) is 46.0 Å². The number of fused-ring (bicyclic) bond motifs is 7. The second-order valence-electron chi connectivity index (χ2n) is 13.9. The summed E-state index contributed by atoms with van der Waals surface area (Å²) in [6.07, 6.45) is 7.72. The predicted molar refractivity (Wildman–Crippen MR) is 178 cm³/mol. The first-order valence-electron chi connectivity index (χ1n) is 16.3. The minimum atomic E-state index is -1.63. The molecule has 2 aliphatic heterocycles. The highest BCUT2D eigenvalue weighted by atomic mass is 32.2. The van der Waals surface area contributed by atoms with Crippen molar-refractivity contribution in [3.63, 3.8) is 0 Å². The number of nitrogens with one attached hydrogen (secondary N) is 1. The molecule has 3 heterocycles.